The van der Waals surface area contributed by atoms with Crippen molar-refractivity contribution in [2.45, 2.75) is 6.92 Å². The molecular weight excluding hydrogens is 174 g/mol. The minimum Gasteiger partial charge on any atom is -0.455 e. The third-order valence-electron chi connectivity index (χ3n) is 1.96. The van der Waals surface area contributed by atoms with Gasteiger partial charge in [0.1, 0.15) is 11.5 Å². The molecule has 0 aliphatic rings. The van der Waals surface area contributed by atoms with Crippen molar-refractivity contribution in [3.63, 3.8) is 0 Å². The van der Waals surface area contributed by atoms with Crippen LogP contribution in [-0.2, 0) is 0 Å². The monoisotopic (exact) mass is 185 g/mol. The highest BCUT2D eigenvalue weighted by molar-refractivity contribution is 5.34. The lowest BCUT2D eigenvalue weighted by Gasteiger charge is -2.06. The fourth-order valence-electron chi connectivity index (χ4n) is 1.17. The van der Waals surface area contributed by atoms with Gasteiger partial charge in [-0.05, 0) is 30.7 Å². The van der Waals surface area contributed by atoms with E-state index < -0.39 is 0 Å². The van der Waals surface area contributed by atoms with Crippen molar-refractivity contribution in [2.75, 3.05) is 0 Å². The van der Waals surface area contributed by atoms with E-state index in [1.807, 2.05) is 43.3 Å². The molecule has 0 saturated heterocycles. The highest BCUT2D eigenvalue weighted by atomic mass is 16.5. The van der Waals surface area contributed by atoms with Crippen molar-refractivity contribution in [1.29, 1.82) is 0 Å². The van der Waals surface area contributed by atoms with Gasteiger partial charge in [-0.1, -0.05) is 18.2 Å². The predicted octanol–water partition coefficient (Wildman–Crippen LogP) is 3.18. The van der Waals surface area contributed by atoms with E-state index in [9.17, 15) is 0 Å². The number of nitrogens with zero attached hydrogens (tertiary/aromatic N) is 1. The summed E-state index contributed by atoms with van der Waals surface area (Å²) in [7, 11) is 0. The van der Waals surface area contributed by atoms with Crippen LogP contribution in [-0.4, -0.2) is 4.98 Å². The van der Waals surface area contributed by atoms with Crippen LogP contribution in [0.3, 0.4) is 0 Å². The molecule has 1 aromatic carbocycles. The van der Waals surface area contributed by atoms with Gasteiger partial charge >= 0.3 is 0 Å². The van der Waals surface area contributed by atoms with Gasteiger partial charge in [0.2, 0.25) is 0 Å². The summed E-state index contributed by atoms with van der Waals surface area (Å²) in [6, 6.07) is 11.6. The Kier molecular flexibility index (Phi) is 2.45. The third-order valence-corrected chi connectivity index (χ3v) is 1.96. The Hall–Kier alpha value is -1.83. The van der Waals surface area contributed by atoms with Gasteiger partial charge in [-0.2, -0.15) is 0 Å². The van der Waals surface area contributed by atoms with Crippen molar-refractivity contribution < 1.29 is 4.74 Å². The molecule has 14 heavy (non-hydrogen) atoms. The minimum absolute atomic E-state index is 0.804. The number of rotatable bonds is 2. The molecule has 0 saturated carbocycles. The van der Waals surface area contributed by atoms with Crippen LogP contribution in [0, 0.1) is 6.92 Å². The first-order chi connectivity index (χ1) is 6.86. The Morgan fingerprint density at radius 2 is 1.86 bits per heavy atom. The summed E-state index contributed by atoms with van der Waals surface area (Å²) in [6.07, 6.45) is 3.48. The van der Waals surface area contributed by atoms with Gasteiger partial charge in [-0.15, -0.1) is 0 Å². The molecule has 0 bridgehead atoms. The van der Waals surface area contributed by atoms with Crippen LogP contribution < -0.4 is 4.74 Å². The molecule has 1 heterocycles. The smallest absolute Gasteiger partial charge is 0.148 e. The largest absolute Gasteiger partial charge is 0.455 e. The lowest BCUT2D eigenvalue weighted by molar-refractivity contribution is 0.476. The van der Waals surface area contributed by atoms with Crippen molar-refractivity contribution in [3.05, 3.63) is 54.4 Å². The van der Waals surface area contributed by atoms with Gasteiger partial charge < -0.3 is 4.74 Å². The predicted molar refractivity (Wildman–Crippen MR) is 55.5 cm³/mol. The van der Waals surface area contributed by atoms with E-state index >= 15 is 0 Å². The molecule has 2 rings (SSSR count). The van der Waals surface area contributed by atoms with Gasteiger partial charge in [-0.3, -0.25) is 4.98 Å². The average molecular weight is 185 g/mol. The van der Waals surface area contributed by atoms with Crippen molar-refractivity contribution in [1.82, 2.24) is 4.98 Å². The van der Waals surface area contributed by atoms with Gasteiger partial charge in [-0.25, -0.2) is 0 Å². The molecule has 0 unspecified atom stereocenters. The topological polar surface area (TPSA) is 22.1 Å². The lowest BCUT2D eigenvalue weighted by atomic mass is 10.3. The molecule has 2 aromatic rings. The summed E-state index contributed by atoms with van der Waals surface area (Å²) in [5.41, 5.74) is 1.09. The number of hydrogen-bond donors (Lipinski definition) is 0. The third kappa shape index (κ3) is 1.91. The van der Waals surface area contributed by atoms with Crippen molar-refractivity contribution in [2.24, 2.45) is 0 Å². The Labute approximate surface area is 83.2 Å². The van der Waals surface area contributed by atoms with Crippen LogP contribution in [0.5, 0.6) is 11.5 Å². The second kappa shape index (κ2) is 3.92. The number of aryl methyl sites for hydroxylation is 1. The second-order valence-electron chi connectivity index (χ2n) is 3.06. The van der Waals surface area contributed by atoms with E-state index in [4.69, 9.17) is 4.74 Å². The summed E-state index contributed by atoms with van der Waals surface area (Å²) < 4.78 is 5.65. The maximum atomic E-state index is 5.65. The molecule has 2 nitrogen and oxygen atoms in total. The number of para-hydroxylation sites is 1. The molecule has 0 aliphatic carbocycles. The zero-order valence-electron chi connectivity index (χ0n) is 7.97. The van der Waals surface area contributed by atoms with Crippen LogP contribution in [0.25, 0.3) is 0 Å². The van der Waals surface area contributed by atoms with Crippen LogP contribution >= 0.6 is 0 Å². The maximum Gasteiger partial charge on any atom is 0.148 e. The number of hydrogen-bond acceptors (Lipinski definition) is 2. The normalized spacial score (nSPS) is 9.79. The summed E-state index contributed by atoms with van der Waals surface area (Å²) in [4.78, 5) is 4.02. The summed E-state index contributed by atoms with van der Waals surface area (Å²) >= 11 is 0. The van der Waals surface area contributed by atoms with E-state index in [2.05, 4.69) is 4.98 Å². The Morgan fingerprint density at radius 3 is 2.57 bits per heavy atom. The zero-order chi connectivity index (χ0) is 9.80. The Bertz CT molecular complexity index is 412. The number of pyridine rings is 1. The first-order valence-electron chi connectivity index (χ1n) is 4.50. The second-order valence-corrected chi connectivity index (χ2v) is 3.06. The summed E-state index contributed by atoms with van der Waals surface area (Å²) in [5.74, 6) is 1.64. The molecule has 0 aliphatic heterocycles. The van der Waals surface area contributed by atoms with Crippen LogP contribution in [0.15, 0.2) is 48.8 Å². The standard InChI is InChI=1S/C12H11NO/c1-10-7-8-13-9-12(10)14-11-5-3-2-4-6-11/h2-9H,1H3. The van der Waals surface area contributed by atoms with E-state index in [0.717, 1.165) is 17.1 Å². The van der Waals surface area contributed by atoms with Gasteiger partial charge in [0.15, 0.2) is 0 Å². The molecule has 0 amide bonds. The van der Waals surface area contributed by atoms with Gasteiger partial charge in [0.05, 0.1) is 6.20 Å². The van der Waals surface area contributed by atoms with E-state index in [1.54, 1.807) is 12.4 Å². The summed E-state index contributed by atoms with van der Waals surface area (Å²) in [5, 5.41) is 0. The molecule has 2 heteroatoms. The fraction of sp³-hybridized carbons (Fsp3) is 0.0833. The lowest BCUT2D eigenvalue weighted by Crippen LogP contribution is -1.87. The van der Waals surface area contributed by atoms with Gasteiger partial charge in [0, 0.05) is 6.20 Å². The first-order valence-corrected chi connectivity index (χ1v) is 4.50. The van der Waals surface area contributed by atoms with Crippen molar-refractivity contribution >= 4 is 0 Å². The molecule has 0 fully saturated rings. The highest BCUT2D eigenvalue weighted by Gasteiger charge is 1.99. The van der Waals surface area contributed by atoms with Crippen LogP contribution in [0.2, 0.25) is 0 Å². The molecule has 0 spiro atoms. The molecule has 0 N–H and O–H groups in total. The van der Waals surface area contributed by atoms with Crippen molar-refractivity contribution in [3.8, 4) is 11.5 Å². The zero-order valence-corrected chi connectivity index (χ0v) is 7.97. The molecule has 0 radical (unpaired) electrons. The van der Waals surface area contributed by atoms with Crippen LogP contribution in [0.1, 0.15) is 5.56 Å². The maximum absolute atomic E-state index is 5.65. The molecule has 1 aromatic heterocycles. The van der Waals surface area contributed by atoms with E-state index in [-0.39, 0.29) is 0 Å². The molecule has 0 atom stereocenters. The summed E-state index contributed by atoms with van der Waals surface area (Å²) in [6.45, 7) is 2.00. The number of ether oxygens (including phenoxy) is 1. The fourth-order valence-corrected chi connectivity index (χ4v) is 1.17. The van der Waals surface area contributed by atoms with Gasteiger partial charge in [0.25, 0.3) is 0 Å². The number of aromatic nitrogens is 1. The first kappa shape index (κ1) is 8.75. The highest BCUT2D eigenvalue weighted by Crippen LogP contribution is 2.22. The molecule has 70 valence electrons. The Morgan fingerprint density at radius 1 is 1.07 bits per heavy atom. The SMILES string of the molecule is Cc1ccncc1Oc1ccccc1. The Balaban J connectivity index is 2.24. The molecular formula is C12H11NO. The quantitative estimate of drug-likeness (QED) is 0.716. The number of benzene rings is 1. The van der Waals surface area contributed by atoms with E-state index in [1.165, 1.54) is 0 Å². The van der Waals surface area contributed by atoms with Crippen LogP contribution in [0.4, 0.5) is 0 Å². The van der Waals surface area contributed by atoms with E-state index in [0.29, 0.717) is 0 Å². The average Bonchev–Trinajstić information content (AvgIpc) is 2.23. The minimum atomic E-state index is 0.804.